The van der Waals surface area contributed by atoms with Gasteiger partial charge < -0.3 is 0 Å². The van der Waals surface area contributed by atoms with Gasteiger partial charge in [0.15, 0.2) is 0 Å². The Morgan fingerprint density at radius 1 is 1.13 bits per heavy atom. The highest BCUT2D eigenvalue weighted by Gasteiger charge is 1.98. The van der Waals surface area contributed by atoms with Crippen LogP contribution in [0.15, 0.2) is 47.3 Å². The van der Waals surface area contributed by atoms with E-state index in [-0.39, 0.29) is 5.56 Å². The lowest BCUT2D eigenvalue weighted by Gasteiger charge is -2.06. The van der Waals surface area contributed by atoms with E-state index in [4.69, 9.17) is 13.7 Å². The van der Waals surface area contributed by atoms with Crippen LogP contribution < -0.4 is 5.56 Å². The minimum atomic E-state index is -2.87. The quantitative estimate of drug-likeness (QED) is 0.707. The summed E-state index contributed by atoms with van der Waals surface area (Å²) in [6, 6.07) is -1.07. The molecule has 0 N–H and O–H groups in total. The molecule has 0 unspecified atom stereocenters. The van der Waals surface area contributed by atoms with Crippen LogP contribution in [-0.4, -0.2) is 4.57 Å². The van der Waals surface area contributed by atoms with Gasteiger partial charge in [0, 0.05) is 26.2 Å². The van der Waals surface area contributed by atoms with Gasteiger partial charge >= 0.3 is 0 Å². The van der Waals surface area contributed by atoms with E-state index in [1.807, 2.05) is 0 Å². The molecule has 0 aliphatic carbocycles. The Balaban J connectivity index is 2.89. The molecule has 2 heteroatoms. The predicted octanol–water partition coefficient (Wildman–Crippen LogP) is 2.45. The van der Waals surface area contributed by atoms with Crippen LogP contribution in [0.1, 0.15) is 24.8 Å². The molecule has 2 rings (SSSR count). The molecule has 1 heterocycles. The maximum absolute atomic E-state index is 12.1. The first-order chi connectivity index (χ1) is 11.3. The summed E-state index contributed by atoms with van der Waals surface area (Å²) in [4.78, 5) is 12.1. The molecule has 0 aliphatic rings. The number of pyridine rings is 1. The van der Waals surface area contributed by atoms with Crippen molar-refractivity contribution in [2.75, 3.05) is 0 Å². The molecule has 0 amide bonds. The van der Waals surface area contributed by atoms with Crippen LogP contribution in [0.3, 0.4) is 0 Å². The van der Waals surface area contributed by atoms with E-state index in [9.17, 15) is 4.79 Å². The zero-order valence-corrected chi connectivity index (χ0v) is 7.59. The molecule has 0 aliphatic heterocycles. The number of benzene rings is 1. The molecule has 15 heavy (non-hydrogen) atoms. The van der Waals surface area contributed by atoms with Gasteiger partial charge in [-0.25, -0.2) is 0 Å². The Kier molecular flexibility index (Phi) is 0.831. The van der Waals surface area contributed by atoms with Crippen LogP contribution in [0.25, 0.3) is 5.69 Å². The third-order valence-electron chi connectivity index (χ3n) is 1.76. The monoisotopic (exact) mass is 209 g/mol. The second kappa shape index (κ2) is 3.73. The van der Waals surface area contributed by atoms with Crippen molar-refractivity contribution >= 4 is 0 Å². The molecular weight excluding hydrogens is 186 g/mol. The minimum Gasteiger partial charge on any atom is -0.284 e. The number of rotatable bonds is 1. The van der Waals surface area contributed by atoms with E-state index in [2.05, 4.69) is 0 Å². The molecule has 76 valence electrons. The van der Waals surface area contributed by atoms with Gasteiger partial charge in [0.1, 0.15) is 0 Å². The second-order valence-corrected chi connectivity index (χ2v) is 2.85. The third-order valence-corrected chi connectivity index (χ3v) is 1.76. The number of aromatic nitrogens is 1. The fourth-order valence-electron chi connectivity index (χ4n) is 1.09. The first-order valence-corrected chi connectivity index (χ1v) is 4.11. The van der Waals surface area contributed by atoms with Crippen LogP contribution in [-0.2, 0) is 0 Å². The molecule has 1 aromatic carbocycles. The minimum absolute atomic E-state index is 0.233. The number of hydrogen-bond donors (Lipinski definition) is 0. The fourth-order valence-corrected chi connectivity index (χ4v) is 1.09. The summed E-state index contributed by atoms with van der Waals surface area (Å²) in [7, 11) is 0. The molecule has 0 bridgehead atoms. The summed E-state index contributed by atoms with van der Waals surface area (Å²) in [5.74, 6) is 0. The van der Waals surface area contributed by atoms with Crippen molar-refractivity contribution < 1.29 is 13.7 Å². The molecule has 1 aromatic heterocycles. The van der Waals surface area contributed by atoms with Gasteiger partial charge in [-0.3, -0.25) is 9.36 Å². The van der Waals surface area contributed by atoms with E-state index in [0.717, 1.165) is 18.3 Å². The van der Waals surface area contributed by atoms with E-state index in [1.54, 1.807) is 0 Å². The van der Waals surface area contributed by atoms with Gasteiger partial charge in [-0.1, -0.05) is 23.7 Å². The molecule has 0 atom stereocenters. The van der Waals surface area contributed by atoms with Crippen molar-refractivity contribution in [2.24, 2.45) is 0 Å². The van der Waals surface area contributed by atoms with Gasteiger partial charge in [-0.05, 0) is 31.4 Å². The predicted molar refractivity (Wildman–Crippen MR) is 61.5 cm³/mol. The summed E-state index contributed by atoms with van der Waals surface area (Å²) in [5, 5.41) is 0. The Morgan fingerprint density at radius 3 is 2.53 bits per heavy atom. The maximum atomic E-state index is 12.1. The summed E-state index contributed by atoms with van der Waals surface area (Å²) < 4.78 is 76.6. The Bertz CT molecular complexity index is 864. The SMILES string of the molecule is [2H]c1c([2H])c(C([2H])([2H])[2H])c([2H])c([2H])c1-n1cc(C([2H])([2H])[2H])ccc1=O. The van der Waals surface area contributed by atoms with Crippen molar-refractivity contribution in [2.45, 2.75) is 13.7 Å². The van der Waals surface area contributed by atoms with Gasteiger partial charge in [-0.2, -0.15) is 0 Å². The van der Waals surface area contributed by atoms with E-state index in [0.29, 0.717) is 4.57 Å². The molecule has 2 nitrogen and oxygen atoms in total. The van der Waals surface area contributed by atoms with Crippen LogP contribution in [0.5, 0.6) is 0 Å². The van der Waals surface area contributed by atoms with E-state index >= 15 is 0 Å². The first-order valence-electron chi connectivity index (χ1n) is 9.11. The molecular formula is C13H13NO. The summed E-state index contributed by atoms with van der Waals surface area (Å²) >= 11 is 0. The van der Waals surface area contributed by atoms with Crippen LogP contribution >= 0.6 is 0 Å². The van der Waals surface area contributed by atoms with Crippen molar-refractivity contribution in [3.8, 4) is 5.69 Å². The smallest absolute Gasteiger partial charge is 0.255 e. The zero-order valence-electron chi connectivity index (χ0n) is 17.6. The number of hydrogen-bond acceptors (Lipinski definition) is 1. The Morgan fingerprint density at radius 2 is 1.87 bits per heavy atom. The molecule has 0 spiro atoms. The van der Waals surface area contributed by atoms with E-state index < -0.39 is 54.7 Å². The summed E-state index contributed by atoms with van der Waals surface area (Å²) in [6.45, 7) is -5.42. The average Bonchev–Trinajstić information content (AvgIpc) is 2.45. The van der Waals surface area contributed by atoms with Gasteiger partial charge in [0.2, 0.25) is 0 Å². The maximum Gasteiger partial charge on any atom is 0.255 e. The zero-order chi connectivity index (χ0) is 19.3. The van der Waals surface area contributed by atoms with Crippen LogP contribution in [0, 0.1) is 13.7 Å². The Labute approximate surface area is 103 Å². The third kappa shape index (κ3) is 1.99. The summed E-state index contributed by atoms with van der Waals surface area (Å²) in [5.41, 5.74) is -2.26. The van der Waals surface area contributed by atoms with Gasteiger partial charge in [-0.15, -0.1) is 0 Å². The second-order valence-electron chi connectivity index (χ2n) is 2.85. The molecule has 0 radical (unpaired) electrons. The molecule has 2 aromatic rings. The van der Waals surface area contributed by atoms with Gasteiger partial charge in [0.05, 0.1) is 5.48 Å². The van der Waals surface area contributed by atoms with Crippen molar-refractivity contribution in [1.29, 1.82) is 0 Å². The number of aryl methyl sites for hydroxylation is 1. The lowest BCUT2D eigenvalue weighted by Crippen LogP contribution is -2.16. The van der Waals surface area contributed by atoms with Crippen LogP contribution in [0.4, 0.5) is 0 Å². The normalized spacial score (nSPS) is 21.6. The van der Waals surface area contributed by atoms with Crippen molar-refractivity contribution in [3.05, 3.63) is 64.0 Å². The topological polar surface area (TPSA) is 22.0 Å². The van der Waals surface area contributed by atoms with Crippen molar-refractivity contribution in [3.63, 3.8) is 0 Å². The molecule has 0 saturated carbocycles. The lowest BCUT2D eigenvalue weighted by atomic mass is 10.2. The molecule has 0 fully saturated rings. The standard InChI is InChI=1S/C13H13NO/c1-10-3-6-12(7-4-10)14-9-11(2)5-8-13(14)15/h3-9H,1-2H3/i1D3,2D3,3D,4D,6D,7D. The lowest BCUT2D eigenvalue weighted by molar-refractivity contribution is 0.975. The Hall–Kier alpha value is -1.83. The van der Waals surface area contributed by atoms with Crippen molar-refractivity contribution in [1.82, 2.24) is 4.57 Å². The largest absolute Gasteiger partial charge is 0.284 e. The summed E-state index contributed by atoms with van der Waals surface area (Å²) in [6.07, 6.45) is 0.911. The fraction of sp³-hybridized carbons (Fsp3) is 0.154. The average molecular weight is 209 g/mol. The highest BCUT2D eigenvalue weighted by atomic mass is 16.1. The number of nitrogens with zero attached hydrogens (tertiary/aromatic N) is 1. The highest BCUT2D eigenvalue weighted by molar-refractivity contribution is 5.35. The first kappa shape index (κ1) is 3.34. The van der Waals surface area contributed by atoms with Gasteiger partial charge in [0.25, 0.3) is 5.56 Å². The molecule has 0 saturated heterocycles. The van der Waals surface area contributed by atoms with E-state index in [1.165, 1.54) is 0 Å². The highest BCUT2D eigenvalue weighted by Crippen LogP contribution is 2.07. The van der Waals surface area contributed by atoms with Crippen LogP contribution in [0.2, 0.25) is 0 Å².